The van der Waals surface area contributed by atoms with Gasteiger partial charge in [0.2, 0.25) is 11.8 Å². The van der Waals surface area contributed by atoms with E-state index < -0.39 is 11.6 Å². The predicted octanol–water partition coefficient (Wildman–Crippen LogP) is 0.165. The molecule has 1 heterocycles. The molecule has 1 unspecified atom stereocenters. The van der Waals surface area contributed by atoms with E-state index in [1.54, 1.807) is 32.8 Å². The van der Waals surface area contributed by atoms with Crippen LogP contribution in [0.2, 0.25) is 0 Å². The molecule has 1 saturated heterocycles. The van der Waals surface area contributed by atoms with Gasteiger partial charge in [-0.2, -0.15) is 0 Å². The van der Waals surface area contributed by atoms with Crippen LogP contribution in [-0.4, -0.2) is 61.8 Å². The van der Waals surface area contributed by atoms with Crippen LogP contribution in [0.3, 0.4) is 0 Å². The topological polar surface area (TPSA) is 67.9 Å². The van der Waals surface area contributed by atoms with Crippen molar-refractivity contribution in [2.45, 2.75) is 38.8 Å². The lowest BCUT2D eigenvalue weighted by molar-refractivity contribution is -0.155. The molecule has 1 N–H and O–H groups in total. The van der Waals surface area contributed by atoms with Crippen molar-refractivity contribution in [1.82, 2.24) is 10.2 Å². The van der Waals surface area contributed by atoms with Crippen molar-refractivity contribution in [2.75, 3.05) is 33.5 Å². The average Bonchev–Trinajstić information content (AvgIpc) is 2.35. The maximum absolute atomic E-state index is 12.1. The highest BCUT2D eigenvalue weighted by atomic mass is 16.5. The quantitative estimate of drug-likeness (QED) is 0.671. The van der Waals surface area contributed by atoms with Gasteiger partial charge in [-0.05, 0) is 27.2 Å². The minimum Gasteiger partial charge on any atom is -0.385 e. The Bertz CT molecular complexity index is 331. The van der Waals surface area contributed by atoms with Crippen molar-refractivity contribution < 1.29 is 19.1 Å². The number of hydrogen-bond donors (Lipinski definition) is 1. The van der Waals surface area contributed by atoms with E-state index in [-0.39, 0.29) is 11.8 Å². The molecule has 0 spiro atoms. The molecule has 0 bridgehead atoms. The van der Waals surface area contributed by atoms with E-state index in [2.05, 4.69) is 5.32 Å². The lowest BCUT2D eigenvalue weighted by Crippen LogP contribution is -2.68. The number of nitrogens with one attached hydrogen (secondary N) is 1. The van der Waals surface area contributed by atoms with Crippen LogP contribution in [0.25, 0.3) is 0 Å². The van der Waals surface area contributed by atoms with Gasteiger partial charge in [0, 0.05) is 26.9 Å². The third kappa shape index (κ3) is 3.91. The fraction of sp³-hybridized carbons (Fsp3) is 0.846. The summed E-state index contributed by atoms with van der Waals surface area (Å²) < 4.78 is 10.4. The lowest BCUT2D eigenvalue weighted by Gasteiger charge is -2.43. The fourth-order valence-electron chi connectivity index (χ4n) is 2.02. The first-order valence-electron chi connectivity index (χ1n) is 6.60. The van der Waals surface area contributed by atoms with Crippen molar-refractivity contribution in [3.63, 3.8) is 0 Å². The van der Waals surface area contributed by atoms with Gasteiger partial charge in [0.15, 0.2) is 0 Å². The zero-order valence-corrected chi connectivity index (χ0v) is 12.2. The van der Waals surface area contributed by atoms with Gasteiger partial charge in [0.05, 0.1) is 6.61 Å². The third-order valence-corrected chi connectivity index (χ3v) is 3.31. The van der Waals surface area contributed by atoms with Crippen molar-refractivity contribution in [2.24, 2.45) is 0 Å². The molecule has 1 aliphatic rings. The van der Waals surface area contributed by atoms with Crippen LogP contribution in [0.5, 0.6) is 0 Å². The van der Waals surface area contributed by atoms with Crippen LogP contribution < -0.4 is 5.32 Å². The first-order chi connectivity index (χ1) is 8.91. The standard InChI is InChI=1S/C13H24N2O4/c1-10-11(16)15(13(2,3)12(17)14-10)6-9-19-8-5-7-18-4/h10H,5-9H2,1-4H3,(H,14,17). The van der Waals surface area contributed by atoms with E-state index in [0.29, 0.717) is 26.4 Å². The van der Waals surface area contributed by atoms with Crippen molar-refractivity contribution >= 4 is 11.8 Å². The molecular weight excluding hydrogens is 248 g/mol. The van der Waals surface area contributed by atoms with Gasteiger partial charge >= 0.3 is 0 Å². The molecule has 0 aromatic heterocycles. The molecule has 0 radical (unpaired) electrons. The number of nitrogens with zero attached hydrogens (tertiary/aromatic N) is 1. The predicted molar refractivity (Wildman–Crippen MR) is 70.7 cm³/mol. The fourth-order valence-corrected chi connectivity index (χ4v) is 2.02. The van der Waals surface area contributed by atoms with E-state index in [9.17, 15) is 9.59 Å². The Labute approximate surface area is 114 Å². The SMILES string of the molecule is COCCCOCCN1C(=O)C(C)NC(=O)C1(C)C. The smallest absolute Gasteiger partial charge is 0.246 e. The number of amides is 2. The van der Waals surface area contributed by atoms with Gasteiger partial charge in [-0.1, -0.05) is 0 Å². The van der Waals surface area contributed by atoms with E-state index in [0.717, 1.165) is 6.42 Å². The van der Waals surface area contributed by atoms with E-state index in [1.807, 2.05) is 0 Å². The van der Waals surface area contributed by atoms with Crippen LogP contribution >= 0.6 is 0 Å². The Hall–Kier alpha value is -1.14. The van der Waals surface area contributed by atoms with Crippen LogP contribution in [0.1, 0.15) is 27.2 Å². The minimum atomic E-state index is -0.820. The zero-order valence-electron chi connectivity index (χ0n) is 12.2. The van der Waals surface area contributed by atoms with E-state index in [4.69, 9.17) is 9.47 Å². The summed E-state index contributed by atoms with van der Waals surface area (Å²) in [5.74, 6) is -0.191. The van der Waals surface area contributed by atoms with Gasteiger partial charge in [-0.15, -0.1) is 0 Å². The molecule has 6 heteroatoms. The Kier molecular flexibility index (Phi) is 5.75. The minimum absolute atomic E-state index is 0.0647. The normalized spacial score (nSPS) is 22.5. The molecule has 6 nitrogen and oxygen atoms in total. The molecule has 1 fully saturated rings. The number of piperazine rings is 1. The van der Waals surface area contributed by atoms with Crippen LogP contribution in [-0.2, 0) is 19.1 Å². The molecule has 19 heavy (non-hydrogen) atoms. The zero-order chi connectivity index (χ0) is 14.5. The summed E-state index contributed by atoms with van der Waals surface area (Å²) in [4.78, 5) is 25.6. The second-order valence-electron chi connectivity index (χ2n) is 5.20. The molecule has 2 amide bonds. The highest BCUT2D eigenvalue weighted by Gasteiger charge is 2.44. The van der Waals surface area contributed by atoms with E-state index in [1.165, 1.54) is 0 Å². The third-order valence-electron chi connectivity index (χ3n) is 3.31. The average molecular weight is 272 g/mol. The van der Waals surface area contributed by atoms with Crippen molar-refractivity contribution in [3.8, 4) is 0 Å². The number of carbonyl (C=O) groups is 2. The second kappa shape index (κ2) is 6.86. The lowest BCUT2D eigenvalue weighted by atomic mass is 9.96. The van der Waals surface area contributed by atoms with Gasteiger partial charge in [-0.3, -0.25) is 9.59 Å². The Balaban J connectivity index is 2.44. The molecule has 110 valence electrons. The van der Waals surface area contributed by atoms with Gasteiger partial charge in [0.1, 0.15) is 11.6 Å². The van der Waals surface area contributed by atoms with Gasteiger partial charge in [-0.25, -0.2) is 0 Å². The molecule has 1 atom stereocenters. The Morgan fingerprint density at radius 3 is 2.58 bits per heavy atom. The Morgan fingerprint density at radius 2 is 1.95 bits per heavy atom. The Morgan fingerprint density at radius 1 is 1.26 bits per heavy atom. The molecule has 1 aliphatic heterocycles. The number of hydrogen-bond acceptors (Lipinski definition) is 4. The first-order valence-corrected chi connectivity index (χ1v) is 6.60. The van der Waals surface area contributed by atoms with Crippen LogP contribution in [0.15, 0.2) is 0 Å². The number of carbonyl (C=O) groups excluding carboxylic acids is 2. The van der Waals surface area contributed by atoms with Crippen molar-refractivity contribution in [1.29, 1.82) is 0 Å². The highest BCUT2D eigenvalue weighted by molar-refractivity contribution is 5.99. The van der Waals surface area contributed by atoms with Crippen molar-refractivity contribution in [3.05, 3.63) is 0 Å². The number of rotatable bonds is 7. The molecule has 0 aromatic rings. The van der Waals surface area contributed by atoms with Gasteiger partial charge in [0.25, 0.3) is 0 Å². The summed E-state index contributed by atoms with van der Waals surface area (Å²) in [6, 6.07) is -0.464. The maximum atomic E-state index is 12.1. The molecular formula is C13H24N2O4. The van der Waals surface area contributed by atoms with Crippen LogP contribution in [0.4, 0.5) is 0 Å². The molecule has 0 saturated carbocycles. The molecule has 1 rings (SSSR count). The molecule has 0 aromatic carbocycles. The highest BCUT2D eigenvalue weighted by Crippen LogP contribution is 2.20. The summed E-state index contributed by atoms with van der Waals surface area (Å²) in [5, 5.41) is 2.68. The summed E-state index contributed by atoms with van der Waals surface area (Å²) in [7, 11) is 1.65. The summed E-state index contributed by atoms with van der Waals surface area (Å²) in [6.45, 7) is 7.30. The van der Waals surface area contributed by atoms with Gasteiger partial charge < -0.3 is 19.7 Å². The first kappa shape index (κ1) is 15.9. The summed E-state index contributed by atoms with van der Waals surface area (Å²) >= 11 is 0. The monoisotopic (exact) mass is 272 g/mol. The number of methoxy groups -OCH3 is 1. The largest absolute Gasteiger partial charge is 0.385 e. The maximum Gasteiger partial charge on any atom is 0.246 e. The van der Waals surface area contributed by atoms with Crippen LogP contribution in [0, 0.1) is 0 Å². The summed E-state index contributed by atoms with van der Waals surface area (Å²) in [6.07, 6.45) is 0.824. The number of ether oxygens (including phenoxy) is 2. The molecule has 0 aliphatic carbocycles. The van der Waals surface area contributed by atoms with E-state index >= 15 is 0 Å². The summed E-state index contributed by atoms with van der Waals surface area (Å²) in [5.41, 5.74) is -0.820. The second-order valence-corrected chi connectivity index (χ2v) is 5.20.